The maximum atomic E-state index is 2.46. The zero-order valence-electron chi connectivity index (χ0n) is 9.34. The lowest BCUT2D eigenvalue weighted by Gasteiger charge is -2.17. The molecular weight excluding hydrogens is 196 g/mol. The highest BCUT2D eigenvalue weighted by atomic mass is 15.1. The van der Waals surface area contributed by atoms with Crippen molar-refractivity contribution in [3.63, 3.8) is 0 Å². The highest BCUT2D eigenvalue weighted by Crippen LogP contribution is 2.21. The van der Waals surface area contributed by atoms with E-state index < -0.39 is 0 Å². The highest BCUT2D eigenvalue weighted by molar-refractivity contribution is 5.51. The molecule has 0 atom stereocenters. The third-order valence-electron chi connectivity index (χ3n) is 3.22. The molecular formula is C14H16N2. The van der Waals surface area contributed by atoms with Gasteiger partial charge in [0, 0.05) is 36.9 Å². The van der Waals surface area contributed by atoms with Crippen molar-refractivity contribution in [1.29, 1.82) is 0 Å². The van der Waals surface area contributed by atoms with Crippen LogP contribution >= 0.6 is 0 Å². The Balaban J connectivity index is 1.84. The lowest BCUT2D eigenvalue weighted by atomic mass is 10.2. The summed E-state index contributed by atoms with van der Waals surface area (Å²) in [7, 11) is 0. The van der Waals surface area contributed by atoms with E-state index in [1.165, 1.54) is 37.3 Å². The van der Waals surface area contributed by atoms with E-state index >= 15 is 0 Å². The summed E-state index contributed by atoms with van der Waals surface area (Å²) < 4.78 is 2.13. The standard InChI is InChI=1S/C14H16N2/c1-2-10-15(9-1)13-5-7-14(8-6-13)16-11-3-4-12-16/h1-2,5-10H,3-4,11-12H2. The van der Waals surface area contributed by atoms with Gasteiger partial charge in [-0.1, -0.05) is 0 Å². The molecule has 0 saturated carbocycles. The number of hydrogen-bond acceptors (Lipinski definition) is 1. The third-order valence-corrected chi connectivity index (χ3v) is 3.22. The SMILES string of the molecule is c1ccn(-c2ccc(N3CCCC3)cc2)c1. The summed E-state index contributed by atoms with van der Waals surface area (Å²) in [5.41, 5.74) is 2.58. The van der Waals surface area contributed by atoms with Gasteiger partial charge in [0.1, 0.15) is 0 Å². The smallest absolute Gasteiger partial charge is 0.0450 e. The minimum atomic E-state index is 1.21. The molecule has 2 heterocycles. The molecule has 82 valence electrons. The average Bonchev–Trinajstić information content (AvgIpc) is 3.03. The normalized spacial score (nSPS) is 15.6. The van der Waals surface area contributed by atoms with Crippen molar-refractivity contribution in [3.8, 4) is 5.69 Å². The summed E-state index contributed by atoms with van der Waals surface area (Å²) in [5, 5.41) is 0. The summed E-state index contributed by atoms with van der Waals surface area (Å²) >= 11 is 0. The van der Waals surface area contributed by atoms with Crippen LogP contribution in [0.25, 0.3) is 5.69 Å². The fourth-order valence-corrected chi connectivity index (χ4v) is 2.32. The first kappa shape index (κ1) is 9.52. The van der Waals surface area contributed by atoms with Crippen LogP contribution in [0.1, 0.15) is 12.8 Å². The van der Waals surface area contributed by atoms with Gasteiger partial charge >= 0.3 is 0 Å². The predicted octanol–water partition coefficient (Wildman–Crippen LogP) is 3.08. The molecule has 0 spiro atoms. The molecule has 0 radical (unpaired) electrons. The van der Waals surface area contributed by atoms with E-state index in [0.717, 1.165) is 0 Å². The second kappa shape index (κ2) is 4.05. The molecule has 2 heteroatoms. The predicted molar refractivity (Wildman–Crippen MR) is 67.2 cm³/mol. The lowest BCUT2D eigenvalue weighted by Crippen LogP contribution is -2.17. The van der Waals surface area contributed by atoms with Crippen LogP contribution < -0.4 is 4.90 Å². The maximum absolute atomic E-state index is 2.46. The molecule has 1 aromatic carbocycles. The fraction of sp³-hybridized carbons (Fsp3) is 0.286. The van der Waals surface area contributed by atoms with Crippen molar-refractivity contribution in [1.82, 2.24) is 4.57 Å². The molecule has 1 aliphatic rings. The molecule has 16 heavy (non-hydrogen) atoms. The van der Waals surface area contributed by atoms with E-state index in [1.807, 2.05) is 12.1 Å². The molecule has 0 unspecified atom stereocenters. The summed E-state index contributed by atoms with van der Waals surface area (Å²) in [6, 6.07) is 12.9. The van der Waals surface area contributed by atoms with Crippen LogP contribution in [0.3, 0.4) is 0 Å². The van der Waals surface area contributed by atoms with E-state index in [9.17, 15) is 0 Å². The van der Waals surface area contributed by atoms with Crippen LogP contribution in [-0.2, 0) is 0 Å². The second-order valence-corrected chi connectivity index (χ2v) is 4.30. The lowest BCUT2D eigenvalue weighted by molar-refractivity contribution is 0.949. The number of nitrogens with zero attached hydrogens (tertiary/aromatic N) is 2. The Morgan fingerprint density at radius 3 is 1.94 bits per heavy atom. The van der Waals surface area contributed by atoms with Gasteiger partial charge in [0.25, 0.3) is 0 Å². The van der Waals surface area contributed by atoms with Gasteiger partial charge in [-0.15, -0.1) is 0 Å². The Hall–Kier alpha value is -1.70. The van der Waals surface area contributed by atoms with Gasteiger partial charge < -0.3 is 9.47 Å². The van der Waals surface area contributed by atoms with Crippen molar-refractivity contribution < 1.29 is 0 Å². The average molecular weight is 212 g/mol. The first-order valence-electron chi connectivity index (χ1n) is 5.92. The van der Waals surface area contributed by atoms with E-state index in [1.54, 1.807) is 0 Å². The maximum Gasteiger partial charge on any atom is 0.0450 e. The number of aromatic nitrogens is 1. The van der Waals surface area contributed by atoms with Crippen LogP contribution in [-0.4, -0.2) is 17.7 Å². The fourth-order valence-electron chi connectivity index (χ4n) is 2.32. The minimum absolute atomic E-state index is 1.21. The van der Waals surface area contributed by atoms with E-state index in [4.69, 9.17) is 0 Å². The molecule has 0 aliphatic carbocycles. The van der Waals surface area contributed by atoms with Gasteiger partial charge in [0.05, 0.1) is 0 Å². The summed E-state index contributed by atoms with van der Waals surface area (Å²) in [6.45, 7) is 2.42. The molecule has 1 aromatic heterocycles. The largest absolute Gasteiger partial charge is 0.372 e. The van der Waals surface area contributed by atoms with Gasteiger partial charge in [0.2, 0.25) is 0 Å². The molecule has 0 amide bonds. The van der Waals surface area contributed by atoms with Gasteiger partial charge in [-0.25, -0.2) is 0 Å². The molecule has 2 nitrogen and oxygen atoms in total. The number of rotatable bonds is 2. The Labute approximate surface area is 96.1 Å². The van der Waals surface area contributed by atoms with Crippen LogP contribution in [0.5, 0.6) is 0 Å². The topological polar surface area (TPSA) is 8.17 Å². The first-order valence-corrected chi connectivity index (χ1v) is 5.92. The molecule has 2 aromatic rings. The summed E-state index contributed by atoms with van der Waals surface area (Å²) in [5.74, 6) is 0. The molecule has 1 aliphatic heterocycles. The van der Waals surface area contributed by atoms with Crippen molar-refractivity contribution in [2.75, 3.05) is 18.0 Å². The van der Waals surface area contributed by atoms with Crippen molar-refractivity contribution in [2.24, 2.45) is 0 Å². The summed E-state index contributed by atoms with van der Waals surface area (Å²) in [4.78, 5) is 2.46. The van der Waals surface area contributed by atoms with Gasteiger partial charge in [0.15, 0.2) is 0 Å². The van der Waals surface area contributed by atoms with Crippen LogP contribution in [0.2, 0.25) is 0 Å². The number of benzene rings is 1. The van der Waals surface area contributed by atoms with Crippen molar-refractivity contribution >= 4 is 5.69 Å². The van der Waals surface area contributed by atoms with Crippen molar-refractivity contribution in [2.45, 2.75) is 12.8 Å². The Kier molecular flexibility index (Phi) is 2.41. The first-order chi connectivity index (χ1) is 7.93. The Morgan fingerprint density at radius 1 is 0.750 bits per heavy atom. The van der Waals surface area contributed by atoms with Crippen LogP contribution in [0.15, 0.2) is 48.8 Å². The minimum Gasteiger partial charge on any atom is -0.372 e. The number of anilines is 1. The van der Waals surface area contributed by atoms with Crippen molar-refractivity contribution in [3.05, 3.63) is 48.8 Å². The molecule has 1 fully saturated rings. The monoisotopic (exact) mass is 212 g/mol. The zero-order chi connectivity index (χ0) is 10.8. The zero-order valence-corrected chi connectivity index (χ0v) is 9.34. The van der Waals surface area contributed by atoms with E-state index in [0.29, 0.717) is 0 Å². The van der Waals surface area contributed by atoms with E-state index in [-0.39, 0.29) is 0 Å². The molecule has 0 N–H and O–H groups in total. The highest BCUT2D eigenvalue weighted by Gasteiger charge is 2.11. The van der Waals surface area contributed by atoms with Gasteiger partial charge in [-0.3, -0.25) is 0 Å². The van der Waals surface area contributed by atoms with Gasteiger partial charge in [-0.05, 0) is 49.2 Å². The Morgan fingerprint density at radius 2 is 1.31 bits per heavy atom. The number of hydrogen-bond donors (Lipinski definition) is 0. The molecule has 0 bridgehead atoms. The molecule has 3 rings (SSSR count). The third kappa shape index (κ3) is 1.71. The Bertz CT molecular complexity index is 436. The quantitative estimate of drug-likeness (QED) is 0.742. The summed E-state index contributed by atoms with van der Waals surface area (Å²) in [6.07, 6.45) is 6.81. The molecule has 1 saturated heterocycles. The van der Waals surface area contributed by atoms with Crippen LogP contribution in [0, 0.1) is 0 Å². The second-order valence-electron chi connectivity index (χ2n) is 4.30. The van der Waals surface area contributed by atoms with Crippen LogP contribution in [0.4, 0.5) is 5.69 Å². The van der Waals surface area contributed by atoms with Gasteiger partial charge in [-0.2, -0.15) is 0 Å². The van der Waals surface area contributed by atoms with E-state index in [2.05, 4.69) is 46.1 Å².